The molecule has 1 heterocycles. The van der Waals surface area contributed by atoms with Crippen molar-refractivity contribution >= 4 is 27.1 Å². The smallest absolute Gasteiger partial charge is 0.0552 e. The molecule has 17 heavy (non-hydrogen) atoms. The molecule has 0 amide bonds. The van der Waals surface area contributed by atoms with Crippen LogP contribution in [0.25, 0.3) is 10.1 Å². The van der Waals surface area contributed by atoms with Gasteiger partial charge in [-0.2, -0.15) is 0 Å². The third kappa shape index (κ3) is 2.61. The van der Waals surface area contributed by atoms with Gasteiger partial charge in [0, 0.05) is 35.7 Å². The molecule has 2 aromatic rings. The van der Waals surface area contributed by atoms with E-state index in [1.165, 1.54) is 15.8 Å². The Morgan fingerprint density at radius 3 is 2.82 bits per heavy atom. The fraction of sp³-hybridized carbons (Fsp3) is 0.429. The second-order valence-corrected chi connectivity index (χ2v) is 5.37. The van der Waals surface area contributed by atoms with E-state index in [4.69, 9.17) is 0 Å². The predicted octanol–water partition coefficient (Wildman–Crippen LogP) is 3.36. The first-order chi connectivity index (χ1) is 8.26. The van der Waals surface area contributed by atoms with Crippen LogP contribution >= 0.6 is 11.3 Å². The summed E-state index contributed by atoms with van der Waals surface area (Å²) in [7, 11) is 2.10. The van der Waals surface area contributed by atoms with Crippen molar-refractivity contribution in [1.29, 1.82) is 0 Å². The van der Waals surface area contributed by atoms with Crippen LogP contribution in [-0.4, -0.2) is 25.3 Å². The Balaban J connectivity index is 2.21. The van der Waals surface area contributed by atoms with Crippen molar-refractivity contribution in [2.45, 2.75) is 13.3 Å². The topological polar surface area (TPSA) is 23.5 Å². The molecule has 3 heteroatoms. The standard InChI is InChI=1S/C14H19NOS/c1-3-11(9-16)8-15(2)13-10-17-14-7-5-4-6-12(13)14/h4-7,10-11,16H,3,8-9H2,1-2H3. The van der Waals surface area contributed by atoms with Crippen molar-refractivity contribution in [3.8, 4) is 0 Å². The number of benzene rings is 1. The van der Waals surface area contributed by atoms with E-state index >= 15 is 0 Å². The van der Waals surface area contributed by atoms with Gasteiger partial charge in [0.05, 0.1) is 5.69 Å². The Kier molecular flexibility index (Phi) is 4.02. The van der Waals surface area contributed by atoms with Gasteiger partial charge in [0.15, 0.2) is 0 Å². The fourth-order valence-corrected chi connectivity index (χ4v) is 3.06. The quantitative estimate of drug-likeness (QED) is 0.878. The Hall–Kier alpha value is -1.06. The second kappa shape index (κ2) is 5.52. The summed E-state index contributed by atoms with van der Waals surface area (Å²) >= 11 is 1.78. The van der Waals surface area contributed by atoms with Crippen LogP contribution in [0.15, 0.2) is 29.6 Å². The normalized spacial score (nSPS) is 12.9. The zero-order chi connectivity index (χ0) is 12.3. The Morgan fingerprint density at radius 2 is 2.12 bits per heavy atom. The highest BCUT2D eigenvalue weighted by atomic mass is 32.1. The molecule has 0 aliphatic carbocycles. The number of rotatable bonds is 5. The highest BCUT2D eigenvalue weighted by Gasteiger charge is 2.12. The second-order valence-electron chi connectivity index (χ2n) is 4.45. The summed E-state index contributed by atoms with van der Waals surface area (Å²) < 4.78 is 1.33. The van der Waals surface area contributed by atoms with Gasteiger partial charge in [0.2, 0.25) is 0 Å². The van der Waals surface area contributed by atoms with E-state index in [1.54, 1.807) is 11.3 Å². The summed E-state index contributed by atoms with van der Waals surface area (Å²) in [6.07, 6.45) is 1.02. The molecule has 0 fully saturated rings. The van der Waals surface area contributed by atoms with Gasteiger partial charge in [0.25, 0.3) is 0 Å². The predicted molar refractivity (Wildman–Crippen MR) is 76.0 cm³/mol. The van der Waals surface area contributed by atoms with Crippen LogP contribution in [0, 0.1) is 5.92 Å². The minimum Gasteiger partial charge on any atom is -0.396 e. The molecule has 2 nitrogen and oxygen atoms in total. The van der Waals surface area contributed by atoms with E-state index in [0.29, 0.717) is 5.92 Å². The van der Waals surface area contributed by atoms with Crippen LogP contribution in [0.4, 0.5) is 5.69 Å². The minimum absolute atomic E-state index is 0.267. The maximum atomic E-state index is 9.26. The van der Waals surface area contributed by atoms with Crippen molar-refractivity contribution in [2.24, 2.45) is 5.92 Å². The summed E-state index contributed by atoms with van der Waals surface area (Å²) in [6.45, 7) is 3.30. The Morgan fingerprint density at radius 1 is 1.35 bits per heavy atom. The average molecular weight is 249 g/mol. The van der Waals surface area contributed by atoms with E-state index in [-0.39, 0.29) is 6.61 Å². The maximum absolute atomic E-state index is 9.26. The molecule has 0 bridgehead atoms. The lowest BCUT2D eigenvalue weighted by Gasteiger charge is -2.23. The monoisotopic (exact) mass is 249 g/mol. The molecular weight excluding hydrogens is 230 g/mol. The van der Waals surface area contributed by atoms with Gasteiger partial charge in [0.1, 0.15) is 0 Å². The largest absolute Gasteiger partial charge is 0.396 e. The molecule has 1 atom stereocenters. The summed E-state index contributed by atoms with van der Waals surface area (Å²) in [5.74, 6) is 0.360. The first-order valence-corrected chi connectivity index (χ1v) is 6.92. The fourth-order valence-electron chi connectivity index (χ4n) is 2.06. The number of hydrogen-bond acceptors (Lipinski definition) is 3. The van der Waals surface area contributed by atoms with Gasteiger partial charge in [-0.25, -0.2) is 0 Å². The lowest BCUT2D eigenvalue weighted by Crippen LogP contribution is -2.26. The number of aliphatic hydroxyl groups excluding tert-OH is 1. The SMILES string of the molecule is CCC(CO)CN(C)c1csc2ccccc12. The molecule has 0 saturated heterocycles. The van der Waals surface area contributed by atoms with Crippen LogP contribution in [0.3, 0.4) is 0 Å². The molecule has 1 unspecified atom stereocenters. The van der Waals surface area contributed by atoms with E-state index in [1.807, 2.05) is 0 Å². The molecule has 1 N–H and O–H groups in total. The summed E-state index contributed by atoms with van der Waals surface area (Å²) in [5.41, 5.74) is 1.28. The van der Waals surface area contributed by atoms with Gasteiger partial charge < -0.3 is 10.0 Å². The van der Waals surface area contributed by atoms with Crippen molar-refractivity contribution in [2.75, 3.05) is 25.1 Å². The van der Waals surface area contributed by atoms with Crippen molar-refractivity contribution < 1.29 is 5.11 Å². The van der Waals surface area contributed by atoms with E-state index in [9.17, 15) is 5.11 Å². The van der Waals surface area contributed by atoms with E-state index < -0.39 is 0 Å². The molecule has 1 aromatic carbocycles. The van der Waals surface area contributed by atoms with Crippen LogP contribution in [0.5, 0.6) is 0 Å². The number of aliphatic hydroxyl groups is 1. The average Bonchev–Trinajstić information content (AvgIpc) is 2.79. The van der Waals surface area contributed by atoms with Gasteiger partial charge in [-0.3, -0.25) is 0 Å². The molecule has 2 rings (SSSR count). The van der Waals surface area contributed by atoms with Crippen molar-refractivity contribution in [3.63, 3.8) is 0 Å². The molecule has 0 radical (unpaired) electrons. The highest BCUT2D eigenvalue weighted by Crippen LogP contribution is 2.32. The third-order valence-electron chi connectivity index (χ3n) is 3.24. The number of fused-ring (bicyclic) bond motifs is 1. The first kappa shape index (κ1) is 12.4. The van der Waals surface area contributed by atoms with Crippen molar-refractivity contribution in [1.82, 2.24) is 0 Å². The first-order valence-electron chi connectivity index (χ1n) is 6.04. The zero-order valence-corrected chi connectivity index (χ0v) is 11.2. The van der Waals surface area contributed by atoms with Gasteiger partial charge in [-0.05, 0) is 18.4 Å². The highest BCUT2D eigenvalue weighted by molar-refractivity contribution is 7.17. The van der Waals surface area contributed by atoms with E-state index in [0.717, 1.165) is 13.0 Å². The molecule has 92 valence electrons. The number of hydrogen-bond donors (Lipinski definition) is 1. The van der Waals surface area contributed by atoms with E-state index in [2.05, 4.69) is 48.5 Å². The van der Waals surface area contributed by atoms with Crippen LogP contribution in [0.1, 0.15) is 13.3 Å². The Bertz CT molecular complexity index is 476. The summed E-state index contributed by atoms with van der Waals surface area (Å²) in [4.78, 5) is 2.25. The zero-order valence-electron chi connectivity index (χ0n) is 10.4. The summed E-state index contributed by atoms with van der Waals surface area (Å²) in [5, 5.41) is 12.8. The minimum atomic E-state index is 0.267. The number of thiophene rings is 1. The molecule has 0 aliphatic heterocycles. The molecule has 0 saturated carbocycles. The van der Waals surface area contributed by atoms with Crippen LogP contribution in [0.2, 0.25) is 0 Å². The third-order valence-corrected chi connectivity index (χ3v) is 4.19. The van der Waals surface area contributed by atoms with Gasteiger partial charge >= 0.3 is 0 Å². The summed E-state index contributed by atoms with van der Waals surface area (Å²) in [6, 6.07) is 8.47. The van der Waals surface area contributed by atoms with Gasteiger partial charge in [-0.1, -0.05) is 25.1 Å². The molecule has 0 spiro atoms. The molecular formula is C14H19NOS. The maximum Gasteiger partial charge on any atom is 0.0552 e. The molecule has 1 aromatic heterocycles. The van der Waals surface area contributed by atoms with Crippen molar-refractivity contribution in [3.05, 3.63) is 29.6 Å². The Labute approximate surface area is 106 Å². The van der Waals surface area contributed by atoms with Crippen LogP contribution < -0.4 is 4.90 Å². The number of nitrogens with zero attached hydrogens (tertiary/aromatic N) is 1. The molecule has 0 aliphatic rings. The number of anilines is 1. The lowest BCUT2D eigenvalue weighted by molar-refractivity contribution is 0.226. The lowest BCUT2D eigenvalue weighted by atomic mass is 10.1. The van der Waals surface area contributed by atoms with Crippen LogP contribution in [-0.2, 0) is 0 Å². The van der Waals surface area contributed by atoms with Gasteiger partial charge in [-0.15, -0.1) is 11.3 Å².